The van der Waals surface area contributed by atoms with Gasteiger partial charge in [-0.05, 0) is 44.7 Å². The van der Waals surface area contributed by atoms with Gasteiger partial charge in [0.1, 0.15) is 0 Å². The van der Waals surface area contributed by atoms with E-state index in [1.54, 1.807) is 0 Å². The molecule has 0 saturated heterocycles. The Balaban J connectivity index is 2.00. The van der Waals surface area contributed by atoms with Crippen molar-refractivity contribution in [2.24, 2.45) is 5.92 Å². The highest BCUT2D eigenvalue weighted by Gasteiger charge is 2.30. The first-order valence-electron chi connectivity index (χ1n) is 7.99. The Bertz CT molecular complexity index is 385. The zero-order chi connectivity index (χ0) is 14.4. The first kappa shape index (κ1) is 15.5. The van der Waals surface area contributed by atoms with Gasteiger partial charge in [-0.25, -0.2) is 0 Å². The van der Waals surface area contributed by atoms with Crippen LogP contribution >= 0.6 is 0 Å². The Morgan fingerprint density at radius 2 is 2.15 bits per heavy atom. The predicted octanol–water partition coefficient (Wildman–Crippen LogP) is 2.63. The first-order chi connectivity index (χ1) is 9.78. The van der Waals surface area contributed by atoms with Crippen LogP contribution in [0.2, 0.25) is 0 Å². The van der Waals surface area contributed by atoms with Crippen molar-refractivity contribution in [3.8, 4) is 0 Å². The van der Waals surface area contributed by atoms with Crippen molar-refractivity contribution in [1.29, 1.82) is 0 Å². The summed E-state index contributed by atoms with van der Waals surface area (Å²) in [6.45, 7) is 3.05. The Hall–Kier alpha value is -0.870. The van der Waals surface area contributed by atoms with Crippen LogP contribution in [-0.4, -0.2) is 36.1 Å². The molecule has 1 aliphatic rings. The fraction of sp³-hybridized carbons (Fsp3) is 0.812. The van der Waals surface area contributed by atoms with Gasteiger partial charge in [-0.2, -0.15) is 5.10 Å². The Morgan fingerprint density at radius 3 is 2.70 bits per heavy atom. The number of aryl methyl sites for hydroxylation is 1. The summed E-state index contributed by atoms with van der Waals surface area (Å²) in [4.78, 5) is 0. The molecule has 0 radical (unpaired) electrons. The maximum atomic E-state index is 5.86. The standard InChI is InChI=1S/C16H29N3O/c1-4-19-12-13(11-18-19)10-15(17-2)16(20-3)14-8-6-5-7-9-14/h11-12,14-17H,4-10H2,1-3H3. The summed E-state index contributed by atoms with van der Waals surface area (Å²) in [7, 11) is 3.91. The van der Waals surface area contributed by atoms with E-state index in [1.807, 2.05) is 25.0 Å². The highest BCUT2D eigenvalue weighted by atomic mass is 16.5. The third kappa shape index (κ3) is 3.83. The molecule has 0 bridgehead atoms. The van der Waals surface area contributed by atoms with Gasteiger partial charge in [-0.15, -0.1) is 0 Å². The summed E-state index contributed by atoms with van der Waals surface area (Å²) in [6, 6.07) is 0.373. The van der Waals surface area contributed by atoms with E-state index in [-0.39, 0.29) is 0 Å². The third-order valence-electron chi connectivity index (χ3n) is 4.62. The van der Waals surface area contributed by atoms with E-state index in [4.69, 9.17) is 4.74 Å². The Kier molecular flexibility index (Phi) is 6.05. The quantitative estimate of drug-likeness (QED) is 0.834. The molecule has 1 fully saturated rings. The molecule has 1 heterocycles. The molecule has 0 aromatic carbocycles. The van der Waals surface area contributed by atoms with Gasteiger partial charge in [0, 0.05) is 25.9 Å². The lowest BCUT2D eigenvalue weighted by molar-refractivity contribution is 0.0101. The number of nitrogens with one attached hydrogen (secondary N) is 1. The number of likely N-dealkylation sites (N-methyl/N-ethyl adjacent to an activating group) is 1. The van der Waals surface area contributed by atoms with Crippen LogP contribution in [0.5, 0.6) is 0 Å². The van der Waals surface area contributed by atoms with Crippen LogP contribution in [0.1, 0.15) is 44.6 Å². The molecule has 1 N–H and O–H groups in total. The molecule has 20 heavy (non-hydrogen) atoms. The SMILES string of the molecule is CCn1cc(CC(NC)C(OC)C2CCCCC2)cn1. The number of hydrogen-bond acceptors (Lipinski definition) is 3. The van der Waals surface area contributed by atoms with Gasteiger partial charge in [0.05, 0.1) is 12.3 Å². The molecule has 1 aromatic heterocycles. The summed E-state index contributed by atoms with van der Waals surface area (Å²) < 4.78 is 7.85. The fourth-order valence-electron chi connectivity index (χ4n) is 3.47. The van der Waals surface area contributed by atoms with Gasteiger partial charge in [0.25, 0.3) is 0 Å². The molecule has 0 spiro atoms. The van der Waals surface area contributed by atoms with Gasteiger partial charge in [0.2, 0.25) is 0 Å². The molecule has 2 unspecified atom stereocenters. The van der Waals surface area contributed by atoms with E-state index in [9.17, 15) is 0 Å². The number of hydrogen-bond donors (Lipinski definition) is 1. The predicted molar refractivity (Wildman–Crippen MR) is 81.8 cm³/mol. The summed E-state index contributed by atoms with van der Waals surface area (Å²) in [5, 5.41) is 7.83. The molecule has 0 aliphatic heterocycles. The van der Waals surface area contributed by atoms with Crippen LogP contribution in [0.4, 0.5) is 0 Å². The van der Waals surface area contributed by atoms with Crippen LogP contribution in [0.3, 0.4) is 0 Å². The summed E-state index contributed by atoms with van der Waals surface area (Å²) in [5.74, 6) is 0.701. The number of rotatable bonds is 7. The second-order valence-corrected chi connectivity index (χ2v) is 5.90. The molecular formula is C16H29N3O. The molecular weight excluding hydrogens is 250 g/mol. The summed E-state index contributed by atoms with van der Waals surface area (Å²) >= 11 is 0. The third-order valence-corrected chi connectivity index (χ3v) is 4.62. The van der Waals surface area contributed by atoms with E-state index in [0.717, 1.165) is 13.0 Å². The molecule has 2 rings (SSSR count). The van der Waals surface area contributed by atoms with E-state index < -0.39 is 0 Å². The van der Waals surface area contributed by atoms with Crippen LogP contribution < -0.4 is 5.32 Å². The van der Waals surface area contributed by atoms with Crippen molar-refractivity contribution in [3.63, 3.8) is 0 Å². The molecule has 2 atom stereocenters. The van der Waals surface area contributed by atoms with Gasteiger partial charge in [-0.1, -0.05) is 19.3 Å². The van der Waals surface area contributed by atoms with E-state index in [0.29, 0.717) is 18.1 Å². The number of nitrogens with zero attached hydrogens (tertiary/aromatic N) is 2. The number of aromatic nitrogens is 2. The summed E-state index contributed by atoms with van der Waals surface area (Å²) in [6.07, 6.45) is 12.2. The molecule has 4 nitrogen and oxygen atoms in total. The van der Waals surface area contributed by atoms with Crippen molar-refractivity contribution in [3.05, 3.63) is 18.0 Å². The second-order valence-electron chi connectivity index (χ2n) is 5.90. The second kappa shape index (κ2) is 7.79. The monoisotopic (exact) mass is 279 g/mol. The maximum absolute atomic E-state index is 5.86. The van der Waals surface area contributed by atoms with Crippen molar-refractivity contribution < 1.29 is 4.74 Å². The molecule has 114 valence electrons. The normalized spacial score (nSPS) is 19.9. The Labute approximate surface area is 122 Å². The minimum Gasteiger partial charge on any atom is -0.380 e. The van der Waals surface area contributed by atoms with Crippen LogP contribution in [0, 0.1) is 5.92 Å². The topological polar surface area (TPSA) is 39.1 Å². The summed E-state index contributed by atoms with van der Waals surface area (Å²) in [5.41, 5.74) is 1.30. The average molecular weight is 279 g/mol. The van der Waals surface area contributed by atoms with Crippen molar-refractivity contribution in [2.75, 3.05) is 14.2 Å². The molecule has 0 amide bonds. The Morgan fingerprint density at radius 1 is 1.40 bits per heavy atom. The van der Waals surface area contributed by atoms with Crippen LogP contribution in [0.25, 0.3) is 0 Å². The minimum atomic E-state index is 0.310. The maximum Gasteiger partial charge on any atom is 0.0755 e. The molecule has 4 heteroatoms. The smallest absolute Gasteiger partial charge is 0.0755 e. The lowest BCUT2D eigenvalue weighted by Gasteiger charge is -2.34. The van der Waals surface area contributed by atoms with Gasteiger partial charge < -0.3 is 10.1 Å². The fourth-order valence-corrected chi connectivity index (χ4v) is 3.47. The van der Waals surface area contributed by atoms with E-state index in [2.05, 4.69) is 23.5 Å². The molecule has 1 aliphatic carbocycles. The van der Waals surface area contributed by atoms with Crippen molar-refractivity contribution in [1.82, 2.24) is 15.1 Å². The lowest BCUT2D eigenvalue weighted by atomic mass is 9.81. The lowest BCUT2D eigenvalue weighted by Crippen LogP contribution is -2.45. The van der Waals surface area contributed by atoms with E-state index >= 15 is 0 Å². The van der Waals surface area contributed by atoms with Crippen LogP contribution in [0.15, 0.2) is 12.4 Å². The largest absolute Gasteiger partial charge is 0.380 e. The van der Waals surface area contributed by atoms with Gasteiger partial charge >= 0.3 is 0 Å². The molecule has 1 saturated carbocycles. The minimum absolute atomic E-state index is 0.310. The van der Waals surface area contributed by atoms with Crippen molar-refractivity contribution in [2.45, 2.75) is 64.1 Å². The van der Waals surface area contributed by atoms with Crippen LogP contribution in [-0.2, 0) is 17.7 Å². The number of ether oxygens (including phenoxy) is 1. The zero-order valence-corrected chi connectivity index (χ0v) is 13.1. The van der Waals surface area contributed by atoms with Crippen molar-refractivity contribution >= 4 is 0 Å². The highest BCUT2D eigenvalue weighted by Crippen LogP contribution is 2.30. The first-order valence-corrected chi connectivity index (χ1v) is 7.99. The molecule has 1 aromatic rings. The average Bonchev–Trinajstić information content (AvgIpc) is 2.96. The van der Waals surface area contributed by atoms with E-state index in [1.165, 1.54) is 37.7 Å². The van der Waals surface area contributed by atoms with Gasteiger partial charge in [-0.3, -0.25) is 4.68 Å². The highest BCUT2D eigenvalue weighted by molar-refractivity contribution is 5.07. The van der Waals surface area contributed by atoms with Gasteiger partial charge in [0.15, 0.2) is 0 Å². The zero-order valence-electron chi connectivity index (χ0n) is 13.1. The number of methoxy groups -OCH3 is 1.